The molecule has 5 heteroatoms. The molecule has 0 radical (unpaired) electrons. The summed E-state index contributed by atoms with van der Waals surface area (Å²) < 4.78 is 13.6. The maximum absolute atomic E-state index is 13.6. The molecule has 1 heterocycles. The van der Waals surface area contributed by atoms with Gasteiger partial charge in [-0.1, -0.05) is 18.2 Å². The molecule has 0 aliphatic carbocycles. The lowest BCUT2D eigenvalue weighted by molar-refractivity contribution is 0.622. The van der Waals surface area contributed by atoms with Crippen LogP contribution >= 0.6 is 0 Å². The first-order chi connectivity index (χ1) is 8.72. The van der Waals surface area contributed by atoms with Gasteiger partial charge >= 0.3 is 0 Å². The Labute approximate surface area is 105 Å². The summed E-state index contributed by atoms with van der Waals surface area (Å²) in [7, 11) is 1.83. The molecule has 0 atom stereocenters. The smallest absolute Gasteiger partial charge is 0.146 e. The van der Waals surface area contributed by atoms with Gasteiger partial charge in [-0.05, 0) is 18.2 Å². The van der Waals surface area contributed by atoms with E-state index < -0.39 is 0 Å². The van der Waals surface area contributed by atoms with E-state index >= 15 is 0 Å². The van der Waals surface area contributed by atoms with Crippen LogP contribution in [0.25, 0.3) is 0 Å². The van der Waals surface area contributed by atoms with Crippen LogP contribution in [0.3, 0.4) is 0 Å². The number of pyridine rings is 1. The molecule has 2 aromatic rings. The second kappa shape index (κ2) is 5.46. The fraction of sp³-hybridized carbons (Fsp3) is 0.154. The molecule has 4 nitrogen and oxygen atoms in total. The highest BCUT2D eigenvalue weighted by Gasteiger charge is 2.09. The maximum atomic E-state index is 13.6. The Balaban J connectivity index is 2.21. The Kier molecular flexibility index (Phi) is 3.74. The molecular weight excluding hydrogens is 231 g/mol. The van der Waals surface area contributed by atoms with E-state index in [2.05, 4.69) is 10.4 Å². The topological polar surface area (TPSA) is 54.2 Å². The second-order valence-electron chi connectivity index (χ2n) is 3.96. The predicted octanol–water partition coefficient (Wildman–Crippen LogP) is 2.14. The van der Waals surface area contributed by atoms with E-state index in [1.807, 2.05) is 24.1 Å². The number of nitrogens with one attached hydrogen (secondary N) is 1. The summed E-state index contributed by atoms with van der Waals surface area (Å²) in [5.74, 6) is 5.74. The van der Waals surface area contributed by atoms with Crippen LogP contribution in [-0.4, -0.2) is 12.0 Å². The Morgan fingerprint density at radius 1 is 1.28 bits per heavy atom. The van der Waals surface area contributed by atoms with Crippen molar-refractivity contribution in [1.29, 1.82) is 0 Å². The standard InChI is InChI=1S/C13H15FN4/c1-18(12-7-3-2-6-11(12)14)9-10-5-4-8-16-13(10)17-15/h2-8H,9,15H2,1H3,(H,16,17). The Morgan fingerprint density at radius 3 is 2.78 bits per heavy atom. The van der Waals surface area contributed by atoms with Gasteiger partial charge in [0.1, 0.15) is 11.6 Å². The number of para-hydroxylation sites is 1. The predicted molar refractivity (Wildman–Crippen MR) is 70.6 cm³/mol. The van der Waals surface area contributed by atoms with E-state index in [4.69, 9.17) is 5.84 Å². The van der Waals surface area contributed by atoms with Gasteiger partial charge in [0.15, 0.2) is 0 Å². The van der Waals surface area contributed by atoms with Crippen LogP contribution in [0.2, 0.25) is 0 Å². The van der Waals surface area contributed by atoms with Crippen molar-refractivity contribution in [3.05, 3.63) is 54.0 Å². The Hall–Kier alpha value is -2.14. The van der Waals surface area contributed by atoms with E-state index in [0.717, 1.165) is 5.56 Å². The number of hydrogen-bond acceptors (Lipinski definition) is 4. The minimum atomic E-state index is -0.244. The summed E-state index contributed by atoms with van der Waals surface area (Å²) in [5.41, 5.74) is 3.99. The summed E-state index contributed by atoms with van der Waals surface area (Å²) in [6.45, 7) is 0.522. The zero-order valence-electron chi connectivity index (χ0n) is 10.1. The van der Waals surface area contributed by atoms with Gasteiger partial charge in [0.25, 0.3) is 0 Å². The van der Waals surface area contributed by atoms with Crippen molar-refractivity contribution < 1.29 is 4.39 Å². The maximum Gasteiger partial charge on any atom is 0.146 e. The third-order valence-electron chi connectivity index (χ3n) is 2.70. The molecule has 0 spiro atoms. The summed E-state index contributed by atoms with van der Waals surface area (Å²) >= 11 is 0. The quantitative estimate of drug-likeness (QED) is 0.641. The molecule has 3 N–H and O–H groups in total. The third kappa shape index (κ3) is 2.57. The number of nitrogen functional groups attached to an aromatic ring is 1. The normalized spacial score (nSPS) is 10.2. The van der Waals surface area contributed by atoms with E-state index in [0.29, 0.717) is 18.1 Å². The average Bonchev–Trinajstić information content (AvgIpc) is 2.39. The first-order valence-electron chi connectivity index (χ1n) is 5.58. The molecule has 0 amide bonds. The molecule has 0 aliphatic heterocycles. The van der Waals surface area contributed by atoms with Gasteiger partial charge in [-0.25, -0.2) is 15.2 Å². The van der Waals surface area contributed by atoms with Crippen LogP contribution in [0.15, 0.2) is 42.6 Å². The fourth-order valence-electron chi connectivity index (χ4n) is 1.80. The van der Waals surface area contributed by atoms with Gasteiger partial charge in [-0.15, -0.1) is 0 Å². The van der Waals surface area contributed by atoms with Crippen molar-refractivity contribution in [2.24, 2.45) is 5.84 Å². The van der Waals surface area contributed by atoms with Crippen molar-refractivity contribution in [2.75, 3.05) is 17.4 Å². The minimum Gasteiger partial charge on any atom is -0.368 e. The number of rotatable bonds is 4. The Bertz CT molecular complexity index is 530. The number of halogens is 1. The van der Waals surface area contributed by atoms with Crippen molar-refractivity contribution >= 4 is 11.5 Å². The van der Waals surface area contributed by atoms with Crippen molar-refractivity contribution in [3.8, 4) is 0 Å². The second-order valence-corrected chi connectivity index (χ2v) is 3.96. The summed E-state index contributed by atoms with van der Waals surface area (Å²) in [4.78, 5) is 5.92. The van der Waals surface area contributed by atoms with Crippen LogP contribution < -0.4 is 16.2 Å². The molecule has 2 rings (SSSR count). The van der Waals surface area contributed by atoms with Crippen molar-refractivity contribution in [1.82, 2.24) is 4.98 Å². The number of nitrogens with two attached hydrogens (primary N) is 1. The third-order valence-corrected chi connectivity index (χ3v) is 2.70. The van der Waals surface area contributed by atoms with Gasteiger partial charge in [-0.2, -0.15) is 0 Å². The lowest BCUT2D eigenvalue weighted by Crippen LogP contribution is -2.20. The summed E-state index contributed by atoms with van der Waals surface area (Å²) in [6.07, 6.45) is 1.65. The van der Waals surface area contributed by atoms with E-state index in [1.165, 1.54) is 6.07 Å². The highest BCUT2D eigenvalue weighted by atomic mass is 19.1. The van der Waals surface area contributed by atoms with E-state index in [-0.39, 0.29) is 5.82 Å². The minimum absolute atomic E-state index is 0.244. The van der Waals surface area contributed by atoms with Crippen LogP contribution in [0, 0.1) is 5.82 Å². The highest BCUT2D eigenvalue weighted by molar-refractivity contribution is 5.50. The fourth-order valence-corrected chi connectivity index (χ4v) is 1.80. The average molecular weight is 246 g/mol. The number of aromatic nitrogens is 1. The summed E-state index contributed by atoms with van der Waals surface area (Å²) in [6, 6.07) is 10.4. The van der Waals surface area contributed by atoms with E-state index in [1.54, 1.807) is 24.4 Å². The van der Waals surface area contributed by atoms with Crippen LogP contribution in [-0.2, 0) is 6.54 Å². The van der Waals surface area contributed by atoms with Gasteiger partial charge in [-0.3, -0.25) is 0 Å². The molecule has 0 fully saturated rings. The zero-order chi connectivity index (χ0) is 13.0. The molecule has 1 aromatic carbocycles. The molecule has 18 heavy (non-hydrogen) atoms. The molecule has 0 saturated carbocycles. The van der Waals surface area contributed by atoms with E-state index in [9.17, 15) is 4.39 Å². The van der Waals surface area contributed by atoms with Crippen LogP contribution in [0.1, 0.15) is 5.56 Å². The molecule has 0 aliphatic rings. The highest BCUT2D eigenvalue weighted by Crippen LogP contribution is 2.21. The number of benzene rings is 1. The van der Waals surface area contributed by atoms with Gasteiger partial charge in [0.05, 0.1) is 5.69 Å². The number of hydrogen-bond donors (Lipinski definition) is 2. The lowest BCUT2D eigenvalue weighted by Gasteiger charge is -2.20. The molecular formula is C13H15FN4. The number of anilines is 2. The van der Waals surface area contributed by atoms with Crippen LogP contribution in [0.4, 0.5) is 15.9 Å². The van der Waals surface area contributed by atoms with Crippen molar-refractivity contribution in [3.63, 3.8) is 0 Å². The number of hydrazine groups is 1. The van der Waals surface area contributed by atoms with Gasteiger partial charge in [0.2, 0.25) is 0 Å². The molecule has 0 unspecified atom stereocenters. The number of nitrogens with zero attached hydrogens (tertiary/aromatic N) is 2. The lowest BCUT2D eigenvalue weighted by atomic mass is 10.2. The monoisotopic (exact) mass is 246 g/mol. The Morgan fingerprint density at radius 2 is 2.06 bits per heavy atom. The largest absolute Gasteiger partial charge is 0.368 e. The SMILES string of the molecule is CN(Cc1cccnc1NN)c1ccccc1F. The van der Waals surface area contributed by atoms with Crippen molar-refractivity contribution in [2.45, 2.75) is 6.54 Å². The summed E-state index contributed by atoms with van der Waals surface area (Å²) in [5, 5.41) is 0. The van der Waals surface area contributed by atoms with Crippen LogP contribution in [0.5, 0.6) is 0 Å². The molecule has 0 saturated heterocycles. The molecule has 0 bridgehead atoms. The van der Waals surface area contributed by atoms with Gasteiger partial charge in [0, 0.05) is 25.4 Å². The molecule has 1 aromatic heterocycles. The molecule has 94 valence electrons. The first-order valence-corrected chi connectivity index (χ1v) is 5.58. The van der Waals surface area contributed by atoms with Gasteiger partial charge < -0.3 is 10.3 Å². The first kappa shape index (κ1) is 12.3. The zero-order valence-corrected chi connectivity index (χ0v) is 10.1.